The van der Waals surface area contributed by atoms with Crippen molar-refractivity contribution < 1.29 is 14.4 Å². The summed E-state index contributed by atoms with van der Waals surface area (Å²) < 4.78 is 0. The number of anilines is 1. The summed E-state index contributed by atoms with van der Waals surface area (Å²) in [6, 6.07) is 24.3. The number of para-hydroxylation sites is 1. The zero-order valence-electron chi connectivity index (χ0n) is 17.5. The van der Waals surface area contributed by atoms with Gasteiger partial charge in [-0.05, 0) is 18.7 Å². The minimum absolute atomic E-state index is 0.161. The number of Topliss-reactive ketones (excluding diaryl/α,β-unsaturated/α-hetero) is 2. The molecule has 0 bridgehead atoms. The number of nitrogens with zero attached hydrogens (tertiary/aromatic N) is 2. The van der Waals surface area contributed by atoms with Crippen LogP contribution < -0.4 is 4.90 Å². The maximum atomic E-state index is 14.2. The first-order valence-corrected chi connectivity index (χ1v) is 10.6. The van der Waals surface area contributed by atoms with E-state index in [-0.39, 0.29) is 24.0 Å². The molecular weight excluding hydrogens is 400 g/mol. The van der Waals surface area contributed by atoms with Crippen molar-refractivity contribution in [3.05, 3.63) is 112 Å². The Kier molecular flexibility index (Phi) is 3.89. The normalized spacial score (nSPS) is 21.9. The van der Waals surface area contributed by atoms with Crippen molar-refractivity contribution >= 4 is 23.2 Å². The molecule has 0 aromatic heterocycles. The van der Waals surface area contributed by atoms with Crippen LogP contribution in [0.4, 0.5) is 5.69 Å². The third-order valence-electron chi connectivity index (χ3n) is 6.87. The Morgan fingerprint density at radius 2 is 1.41 bits per heavy atom. The van der Waals surface area contributed by atoms with Crippen molar-refractivity contribution in [1.29, 1.82) is 0 Å². The molecule has 3 aromatic carbocycles. The molecule has 156 valence electrons. The molecule has 3 aromatic rings. The highest BCUT2D eigenvalue weighted by Gasteiger charge is 2.63. The average Bonchev–Trinajstić information content (AvgIpc) is 3.27. The van der Waals surface area contributed by atoms with E-state index in [0.717, 1.165) is 16.8 Å². The van der Waals surface area contributed by atoms with E-state index in [1.54, 1.807) is 29.2 Å². The van der Waals surface area contributed by atoms with Crippen LogP contribution in [0.25, 0.3) is 0 Å². The van der Waals surface area contributed by atoms with E-state index in [9.17, 15) is 14.4 Å². The van der Waals surface area contributed by atoms with Crippen LogP contribution in [0.2, 0.25) is 0 Å². The molecule has 1 unspecified atom stereocenters. The van der Waals surface area contributed by atoms with Crippen LogP contribution in [-0.4, -0.2) is 36.0 Å². The third kappa shape index (κ3) is 2.23. The molecule has 1 amide bonds. The van der Waals surface area contributed by atoms with Gasteiger partial charge in [-0.3, -0.25) is 19.3 Å². The quantitative estimate of drug-likeness (QED) is 0.634. The molecule has 0 N–H and O–H groups in total. The van der Waals surface area contributed by atoms with E-state index in [2.05, 4.69) is 0 Å². The fraction of sp³-hybridized carbons (Fsp3) is 0.148. The Hall–Kier alpha value is -3.83. The highest BCUT2D eigenvalue weighted by molar-refractivity contribution is 6.32. The third-order valence-corrected chi connectivity index (χ3v) is 6.87. The molecule has 2 heterocycles. The smallest absolute Gasteiger partial charge is 0.257 e. The van der Waals surface area contributed by atoms with Crippen LogP contribution >= 0.6 is 0 Å². The number of carbonyl (C=O) groups is 3. The van der Waals surface area contributed by atoms with Gasteiger partial charge < -0.3 is 4.90 Å². The van der Waals surface area contributed by atoms with E-state index in [4.69, 9.17) is 0 Å². The molecule has 6 rings (SSSR count). The second-order valence-corrected chi connectivity index (χ2v) is 8.52. The van der Waals surface area contributed by atoms with Gasteiger partial charge in [0.1, 0.15) is 0 Å². The topological polar surface area (TPSA) is 57.7 Å². The molecule has 0 radical (unpaired) electrons. The van der Waals surface area contributed by atoms with Gasteiger partial charge >= 0.3 is 0 Å². The van der Waals surface area contributed by atoms with E-state index in [0.29, 0.717) is 28.8 Å². The summed E-state index contributed by atoms with van der Waals surface area (Å²) in [6.07, 6.45) is 0. The number of hydrogen-bond donors (Lipinski definition) is 0. The lowest BCUT2D eigenvalue weighted by atomic mass is 9.75. The summed E-state index contributed by atoms with van der Waals surface area (Å²) in [4.78, 5) is 44.9. The number of ketones is 2. The lowest BCUT2D eigenvalue weighted by Gasteiger charge is -2.34. The second-order valence-electron chi connectivity index (χ2n) is 8.52. The first-order valence-electron chi connectivity index (χ1n) is 10.6. The maximum Gasteiger partial charge on any atom is 0.257 e. The summed E-state index contributed by atoms with van der Waals surface area (Å²) in [5, 5.41) is 0. The number of hydrogen-bond acceptors (Lipinski definition) is 4. The van der Waals surface area contributed by atoms with Gasteiger partial charge in [0.05, 0.1) is 12.2 Å². The maximum absolute atomic E-state index is 14.2. The van der Waals surface area contributed by atoms with Crippen molar-refractivity contribution in [3.8, 4) is 0 Å². The van der Waals surface area contributed by atoms with Crippen molar-refractivity contribution in [1.82, 2.24) is 4.90 Å². The molecule has 5 nitrogen and oxygen atoms in total. The Morgan fingerprint density at radius 3 is 2.16 bits per heavy atom. The lowest BCUT2D eigenvalue weighted by molar-refractivity contribution is -0.126. The zero-order chi connectivity index (χ0) is 22.0. The van der Waals surface area contributed by atoms with Crippen LogP contribution in [-0.2, 0) is 16.9 Å². The molecule has 1 spiro atoms. The van der Waals surface area contributed by atoms with Crippen molar-refractivity contribution in [2.45, 2.75) is 12.1 Å². The summed E-state index contributed by atoms with van der Waals surface area (Å²) in [6.45, 7) is 0.654. The van der Waals surface area contributed by atoms with Gasteiger partial charge in [-0.25, -0.2) is 0 Å². The largest absolute Gasteiger partial charge is 0.305 e. The number of fused-ring (bicyclic) bond motifs is 4. The SMILES string of the molecule is CN1CC2=C(C(=O)c3ccccc3C2=O)C12C(=O)N(Cc1ccccc1)c1ccccc12. The van der Waals surface area contributed by atoms with E-state index in [1.807, 2.05) is 66.5 Å². The highest BCUT2D eigenvalue weighted by Crippen LogP contribution is 2.54. The van der Waals surface area contributed by atoms with Crippen LogP contribution in [0.5, 0.6) is 0 Å². The van der Waals surface area contributed by atoms with Gasteiger partial charge in [0.25, 0.3) is 5.91 Å². The van der Waals surface area contributed by atoms with Crippen molar-refractivity contribution in [2.75, 3.05) is 18.5 Å². The molecular formula is C27H20N2O3. The molecule has 0 saturated carbocycles. The molecule has 32 heavy (non-hydrogen) atoms. The van der Waals surface area contributed by atoms with Gasteiger partial charge in [-0.1, -0.05) is 72.8 Å². The average molecular weight is 420 g/mol. The molecule has 1 atom stereocenters. The molecule has 0 fully saturated rings. The fourth-order valence-electron chi connectivity index (χ4n) is 5.48. The monoisotopic (exact) mass is 420 g/mol. The van der Waals surface area contributed by atoms with Crippen molar-refractivity contribution in [3.63, 3.8) is 0 Å². The van der Waals surface area contributed by atoms with Gasteiger partial charge in [0.15, 0.2) is 17.1 Å². The molecule has 2 aliphatic heterocycles. The number of amides is 1. The predicted molar refractivity (Wildman–Crippen MR) is 121 cm³/mol. The Labute approximate surface area is 185 Å². The van der Waals surface area contributed by atoms with E-state index < -0.39 is 5.54 Å². The Bertz CT molecular complexity index is 1360. The number of likely N-dealkylation sites (N-methyl/N-ethyl adjacent to an activating group) is 1. The Morgan fingerprint density at radius 1 is 0.781 bits per heavy atom. The number of rotatable bonds is 2. The minimum Gasteiger partial charge on any atom is -0.305 e. The standard InChI is InChI=1S/C27H20N2O3/c1-28-16-20-23(25(31)19-12-6-5-11-18(19)24(20)30)27(28)21-13-7-8-14-22(21)29(26(27)32)15-17-9-3-2-4-10-17/h2-14H,15-16H2,1H3. The molecule has 1 aliphatic carbocycles. The summed E-state index contributed by atoms with van der Waals surface area (Å²) >= 11 is 0. The number of carbonyl (C=O) groups excluding carboxylic acids is 3. The molecule has 0 saturated heterocycles. The van der Waals surface area contributed by atoms with Gasteiger partial charge in [-0.15, -0.1) is 0 Å². The zero-order valence-corrected chi connectivity index (χ0v) is 17.5. The first-order chi connectivity index (χ1) is 15.5. The summed E-state index contributed by atoms with van der Waals surface area (Å²) in [7, 11) is 1.82. The van der Waals surface area contributed by atoms with Crippen LogP contribution in [0, 0.1) is 0 Å². The molecule has 3 aliphatic rings. The number of benzene rings is 3. The second kappa shape index (κ2) is 6.58. The summed E-state index contributed by atoms with van der Waals surface area (Å²) in [5.74, 6) is -0.578. The lowest BCUT2D eigenvalue weighted by Crippen LogP contribution is -2.51. The highest BCUT2D eigenvalue weighted by atomic mass is 16.2. The van der Waals surface area contributed by atoms with Crippen LogP contribution in [0.3, 0.4) is 0 Å². The van der Waals surface area contributed by atoms with Gasteiger partial charge in [0, 0.05) is 34.4 Å². The first kappa shape index (κ1) is 18.9. The van der Waals surface area contributed by atoms with Crippen LogP contribution in [0.15, 0.2) is 90.0 Å². The van der Waals surface area contributed by atoms with Gasteiger partial charge in [0.2, 0.25) is 0 Å². The summed E-state index contributed by atoms with van der Waals surface area (Å²) in [5.41, 5.74) is 2.78. The fourth-order valence-corrected chi connectivity index (χ4v) is 5.48. The van der Waals surface area contributed by atoms with E-state index >= 15 is 0 Å². The molecule has 5 heteroatoms. The van der Waals surface area contributed by atoms with Gasteiger partial charge in [-0.2, -0.15) is 0 Å². The van der Waals surface area contributed by atoms with Crippen LogP contribution in [0.1, 0.15) is 31.8 Å². The van der Waals surface area contributed by atoms with E-state index in [1.165, 1.54) is 0 Å². The predicted octanol–water partition coefficient (Wildman–Crippen LogP) is 3.75. The van der Waals surface area contributed by atoms with Crippen molar-refractivity contribution in [2.24, 2.45) is 0 Å². The minimum atomic E-state index is -1.29. The Balaban J connectivity index is 1.57.